The fourth-order valence-corrected chi connectivity index (χ4v) is 5.54. The molecule has 0 unspecified atom stereocenters. The van der Waals surface area contributed by atoms with E-state index >= 15 is 0 Å². The van der Waals surface area contributed by atoms with Crippen molar-refractivity contribution in [2.45, 2.75) is 27.3 Å². The molecule has 7 nitrogen and oxygen atoms in total. The van der Waals surface area contributed by atoms with E-state index in [9.17, 15) is 0 Å². The molecule has 7 heteroatoms. The van der Waals surface area contributed by atoms with Crippen molar-refractivity contribution in [3.63, 3.8) is 0 Å². The summed E-state index contributed by atoms with van der Waals surface area (Å²) in [6.45, 7) is 22.4. The number of rotatable bonds is 6. The van der Waals surface area contributed by atoms with Gasteiger partial charge in [0, 0.05) is 103 Å². The van der Waals surface area contributed by atoms with Gasteiger partial charge in [0.05, 0.1) is 7.11 Å². The van der Waals surface area contributed by atoms with Crippen LogP contribution in [0.1, 0.15) is 26.3 Å². The standard InChI is InChI=1S/C13H20N2.C11H16N2O.C11H16N2.C2H6/c1-2-14-8-10-15(11-9-14)12-13-6-4-3-5-7-13;1-14-11-4-2-3-10(9-11)13-7-5-12-6-8-13;1-12-7-9-13(10-8-12)11-5-3-2-4-6-11;1-2/h3-7H,2,8-12H2,1H3;2-4,9,12H,5-8H2,1H3;2-6H,7-10H2,1H3;1-2H3. The monoisotopic (exact) mass is 602 g/mol. The Labute approximate surface area is 268 Å². The summed E-state index contributed by atoms with van der Waals surface area (Å²) in [6.07, 6.45) is 0. The van der Waals surface area contributed by atoms with E-state index in [-0.39, 0.29) is 0 Å². The molecule has 3 aliphatic rings. The molecule has 0 amide bonds. The largest absolute Gasteiger partial charge is 0.497 e. The Bertz CT molecular complexity index is 1110. The van der Waals surface area contributed by atoms with Crippen LogP contribution in [0.4, 0.5) is 11.4 Å². The number of hydrogen-bond donors (Lipinski definition) is 1. The summed E-state index contributed by atoms with van der Waals surface area (Å²) < 4.78 is 5.20. The van der Waals surface area contributed by atoms with E-state index in [2.05, 4.69) is 117 Å². The quantitative estimate of drug-likeness (QED) is 0.405. The fraction of sp³-hybridized carbons (Fsp3) is 0.514. The summed E-state index contributed by atoms with van der Waals surface area (Å²) in [7, 11) is 3.89. The molecule has 1 N–H and O–H groups in total. The van der Waals surface area contributed by atoms with E-state index in [0.717, 1.165) is 51.6 Å². The normalized spacial score (nSPS) is 17.7. The Morgan fingerprint density at radius 1 is 0.614 bits per heavy atom. The van der Waals surface area contributed by atoms with Crippen molar-refractivity contribution in [1.29, 1.82) is 0 Å². The van der Waals surface area contributed by atoms with Gasteiger partial charge in [0.1, 0.15) is 5.75 Å². The molecule has 3 heterocycles. The summed E-state index contributed by atoms with van der Waals surface area (Å²) in [6, 6.07) is 29.6. The molecule has 0 atom stereocenters. The number of likely N-dealkylation sites (N-methyl/N-ethyl adjacent to an activating group) is 2. The van der Waals surface area contributed by atoms with Crippen LogP contribution in [0.15, 0.2) is 84.9 Å². The van der Waals surface area contributed by atoms with Gasteiger partial charge in [-0.2, -0.15) is 0 Å². The zero-order chi connectivity index (χ0) is 31.4. The molecule has 6 rings (SSSR count). The maximum Gasteiger partial charge on any atom is 0.120 e. The molecule has 0 spiro atoms. The highest BCUT2D eigenvalue weighted by atomic mass is 16.5. The first-order valence-electron chi connectivity index (χ1n) is 16.7. The second-order valence-corrected chi connectivity index (χ2v) is 11.3. The van der Waals surface area contributed by atoms with E-state index in [1.165, 1.54) is 62.8 Å². The van der Waals surface area contributed by atoms with Gasteiger partial charge in [0.15, 0.2) is 0 Å². The minimum atomic E-state index is 0.932. The van der Waals surface area contributed by atoms with Crippen molar-refractivity contribution in [1.82, 2.24) is 20.0 Å². The van der Waals surface area contributed by atoms with Gasteiger partial charge < -0.3 is 29.7 Å². The van der Waals surface area contributed by atoms with Gasteiger partial charge >= 0.3 is 0 Å². The van der Waals surface area contributed by atoms with Crippen molar-refractivity contribution in [2.24, 2.45) is 0 Å². The van der Waals surface area contributed by atoms with E-state index in [4.69, 9.17) is 4.74 Å². The zero-order valence-corrected chi connectivity index (χ0v) is 28.1. The van der Waals surface area contributed by atoms with Gasteiger partial charge in [-0.15, -0.1) is 0 Å². The molecular formula is C37H58N6O. The first-order valence-corrected chi connectivity index (χ1v) is 16.7. The van der Waals surface area contributed by atoms with Crippen LogP contribution in [-0.4, -0.2) is 114 Å². The molecule has 0 aliphatic carbocycles. The maximum absolute atomic E-state index is 5.20. The zero-order valence-electron chi connectivity index (χ0n) is 28.1. The predicted octanol–water partition coefficient (Wildman–Crippen LogP) is 5.39. The average Bonchev–Trinajstić information content (AvgIpc) is 3.12. The van der Waals surface area contributed by atoms with Crippen molar-refractivity contribution in [3.05, 3.63) is 90.5 Å². The lowest BCUT2D eigenvalue weighted by Crippen LogP contribution is -2.45. The molecule has 44 heavy (non-hydrogen) atoms. The minimum Gasteiger partial charge on any atom is -0.497 e. The first kappa shape index (κ1) is 35.4. The van der Waals surface area contributed by atoms with E-state index in [1.54, 1.807) is 7.11 Å². The van der Waals surface area contributed by atoms with Crippen LogP contribution in [0, 0.1) is 0 Å². The lowest BCUT2D eigenvalue weighted by molar-refractivity contribution is 0.132. The fourth-order valence-electron chi connectivity index (χ4n) is 5.54. The topological polar surface area (TPSA) is 37.5 Å². The Morgan fingerprint density at radius 2 is 1.16 bits per heavy atom. The Kier molecular flexibility index (Phi) is 16.7. The van der Waals surface area contributed by atoms with Gasteiger partial charge in [-0.25, -0.2) is 0 Å². The summed E-state index contributed by atoms with van der Waals surface area (Å²) in [5, 5.41) is 3.34. The number of benzene rings is 3. The minimum absolute atomic E-state index is 0.932. The van der Waals surface area contributed by atoms with Gasteiger partial charge in [0.2, 0.25) is 0 Å². The highest BCUT2D eigenvalue weighted by Gasteiger charge is 2.15. The second kappa shape index (κ2) is 20.8. The average molecular weight is 603 g/mol. The third kappa shape index (κ3) is 12.5. The SMILES string of the molecule is CC.CCN1CCN(Cc2ccccc2)CC1.CN1CCN(c2ccccc2)CC1.COc1cccc(N2CCNCC2)c1. The van der Waals surface area contributed by atoms with Gasteiger partial charge in [0.25, 0.3) is 0 Å². The molecular weight excluding hydrogens is 544 g/mol. The number of nitrogens with one attached hydrogen (secondary N) is 1. The molecule has 0 bridgehead atoms. The molecule has 3 aliphatic heterocycles. The van der Waals surface area contributed by atoms with Gasteiger partial charge in [-0.05, 0) is 43.4 Å². The van der Waals surface area contributed by atoms with Crippen molar-refractivity contribution >= 4 is 11.4 Å². The van der Waals surface area contributed by atoms with Crippen molar-refractivity contribution in [2.75, 3.05) is 109 Å². The van der Waals surface area contributed by atoms with E-state index in [1.807, 2.05) is 26.0 Å². The molecule has 3 aromatic carbocycles. The maximum atomic E-state index is 5.20. The predicted molar refractivity (Wildman–Crippen MR) is 189 cm³/mol. The molecule has 3 saturated heterocycles. The molecule has 0 radical (unpaired) electrons. The summed E-state index contributed by atoms with van der Waals surface area (Å²) in [5.74, 6) is 0.932. The number of anilines is 2. The van der Waals surface area contributed by atoms with Crippen LogP contribution in [-0.2, 0) is 6.54 Å². The van der Waals surface area contributed by atoms with E-state index < -0.39 is 0 Å². The first-order chi connectivity index (χ1) is 21.6. The Balaban J connectivity index is 0.000000176. The van der Waals surface area contributed by atoms with Gasteiger partial charge in [-0.1, -0.05) is 75.4 Å². The Morgan fingerprint density at radius 3 is 1.75 bits per heavy atom. The molecule has 3 fully saturated rings. The number of nitrogens with zero attached hydrogens (tertiary/aromatic N) is 5. The number of ether oxygens (including phenoxy) is 1. The van der Waals surface area contributed by atoms with Crippen LogP contribution in [0.5, 0.6) is 5.75 Å². The number of methoxy groups -OCH3 is 1. The van der Waals surface area contributed by atoms with Crippen molar-refractivity contribution < 1.29 is 4.74 Å². The van der Waals surface area contributed by atoms with Crippen molar-refractivity contribution in [3.8, 4) is 5.75 Å². The molecule has 242 valence electrons. The number of hydrogen-bond acceptors (Lipinski definition) is 7. The van der Waals surface area contributed by atoms with Gasteiger partial charge in [-0.3, -0.25) is 4.90 Å². The van der Waals surface area contributed by atoms with E-state index in [0.29, 0.717) is 0 Å². The molecule has 0 aromatic heterocycles. The lowest BCUT2D eigenvalue weighted by Gasteiger charge is -2.34. The third-order valence-corrected chi connectivity index (χ3v) is 8.32. The third-order valence-electron chi connectivity index (χ3n) is 8.32. The summed E-state index contributed by atoms with van der Waals surface area (Å²) in [4.78, 5) is 12.3. The summed E-state index contributed by atoms with van der Waals surface area (Å²) >= 11 is 0. The lowest BCUT2D eigenvalue weighted by atomic mass is 10.2. The molecule has 0 saturated carbocycles. The van der Waals surface area contributed by atoms with Crippen LogP contribution < -0.4 is 19.9 Å². The van der Waals surface area contributed by atoms with Crippen LogP contribution in [0.2, 0.25) is 0 Å². The number of piperazine rings is 3. The highest BCUT2D eigenvalue weighted by Crippen LogP contribution is 2.21. The summed E-state index contributed by atoms with van der Waals surface area (Å²) in [5.41, 5.74) is 4.05. The van der Waals surface area contributed by atoms with Crippen LogP contribution in [0.25, 0.3) is 0 Å². The number of para-hydroxylation sites is 1. The Hall–Kier alpha value is -3.10. The highest BCUT2D eigenvalue weighted by molar-refractivity contribution is 5.51. The van der Waals surface area contributed by atoms with Crippen LogP contribution in [0.3, 0.4) is 0 Å². The second-order valence-electron chi connectivity index (χ2n) is 11.3. The smallest absolute Gasteiger partial charge is 0.120 e. The molecule has 3 aromatic rings. The van der Waals surface area contributed by atoms with Crippen LogP contribution >= 0.6 is 0 Å².